The van der Waals surface area contributed by atoms with Crippen molar-refractivity contribution in [1.82, 2.24) is 9.80 Å². The summed E-state index contributed by atoms with van der Waals surface area (Å²) in [6, 6.07) is 1.83. The number of rotatable bonds is 12. The average molecular weight is 587 g/mol. The fourth-order valence-corrected chi connectivity index (χ4v) is 5.20. The van der Waals surface area contributed by atoms with E-state index < -0.39 is 64.7 Å². The Morgan fingerprint density at radius 3 is 1.84 bits per heavy atom. The number of benzene rings is 1. The molecule has 0 bridgehead atoms. The molecular weight excluding hydrogens is 556 g/mol. The SMILES string of the molecule is CN1CCN(C(=O)c2cc(N(CCOS(C)(=O)=O)CCOS(C)(=O)=O)c(S(C)(=O)=O)cc2[N+](=O)[O-])CC1. The fourth-order valence-electron chi connectivity index (χ4n) is 3.55. The summed E-state index contributed by atoms with van der Waals surface area (Å²) >= 11 is 0. The molecule has 2 rings (SSSR count). The second-order valence-electron chi connectivity index (χ2n) is 8.50. The number of likely N-dealkylation sites (N-methyl/N-ethyl adjacent to an activating group) is 1. The zero-order chi connectivity index (χ0) is 28.2. The van der Waals surface area contributed by atoms with Gasteiger partial charge in [0.1, 0.15) is 5.56 Å². The van der Waals surface area contributed by atoms with Gasteiger partial charge in [0.2, 0.25) is 0 Å². The van der Waals surface area contributed by atoms with E-state index in [4.69, 9.17) is 8.37 Å². The van der Waals surface area contributed by atoms with Gasteiger partial charge in [-0.25, -0.2) is 8.42 Å². The first-order valence-corrected chi connectivity index (χ1v) is 16.4. The van der Waals surface area contributed by atoms with Gasteiger partial charge in [0.05, 0.1) is 41.2 Å². The zero-order valence-electron chi connectivity index (χ0n) is 20.8. The van der Waals surface area contributed by atoms with Crippen LogP contribution in [-0.4, -0.2) is 124 Å². The Hall–Kier alpha value is -2.38. The highest BCUT2D eigenvalue weighted by Gasteiger charge is 2.32. The second kappa shape index (κ2) is 12.0. The molecule has 1 aromatic rings. The molecule has 37 heavy (non-hydrogen) atoms. The zero-order valence-corrected chi connectivity index (χ0v) is 23.3. The maximum absolute atomic E-state index is 13.3. The third kappa shape index (κ3) is 9.46. The number of amides is 1. The monoisotopic (exact) mass is 586 g/mol. The molecule has 1 aliphatic rings. The molecule has 0 spiro atoms. The van der Waals surface area contributed by atoms with Gasteiger partial charge < -0.3 is 14.7 Å². The van der Waals surface area contributed by atoms with E-state index in [0.717, 1.165) is 30.9 Å². The molecule has 1 saturated heterocycles. The van der Waals surface area contributed by atoms with E-state index in [9.17, 15) is 40.2 Å². The van der Waals surface area contributed by atoms with Crippen LogP contribution in [0.15, 0.2) is 17.0 Å². The molecule has 1 fully saturated rings. The van der Waals surface area contributed by atoms with Crippen molar-refractivity contribution in [3.05, 3.63) is 27.8 Å². The van der Waals surface area contributed by atoms with Gasteiger partial charge in [0.25, 0.3) is 31.8 Å². The van der Waals surface area contributed by atoms with Crippen molar-refractivity contribution in [2.45, 2.75) is 4.90 Å². The lowest BCUT2D eigenvalue weighted by Gasteiger charge is -2.33. The van der Waals surface area contributed by atoms with Gasteiger partial charge in [0.15, 0.2) is 9.84 Å². The van der Waals surface area contributed by atoms with E-state index in [1.54, 1.807) is 0 Å². The van der Waals surface area contributed by atoms with Crippen LogP contribution in [0, 0.1) is 10.1 Å². The molecule has 1 aliphatic heterocycles. The smallest absolute Gasteiger partial charge is 0.283 e. The third-order valence-electron chi connectivity index (χ3n) is 5.35. The Bertz CT molecular complexity index is 1300. The van der Waals surface area contributed by atoms with Crippen molar-refractivity contribution in [3.8, 4) is 0 Å². The predicted octanol–water partition coefficient (Wildman–Crippen LogP) is -0.855. The summed E-state index contributed by atoms with van der Waals surface area (Å²) < 4.78 is 80.3. The molecule has 15 nitrogen and oxygen atoms in total. The average Bonchev–Trinajstić information content (AvgIpc) is 2.75. The highest BCUT2D eigenvalue weighted by Crippen LogP contribution is 2.34. The Balaban J connectivity index is 2.62. The molecule has 18 heteroatoms. The summed E-state index contributed by atoms with van der Waals surface area (Å²) in [7, 11) is -9.99. The van der Waals surface area contributed by atoms with Crippen molar-refractivity contribution in [1.29, 1.82) is 0 Å². The molecule has 1 heterocycles. The number of hydrogen-bond acceptors (Lipinski definition) is 13. The molecule has 1 amide bonds. The number of nitro benzene ring substituents is 1. The minimum atomic E-state index is -4.11. The Morgan fingerprint density at radius 2 is 1.43 bits per heavy atom. The van der Waals surface area contributed by atoms with Crippen molar-refractivity contribution in [2.24, 2.45) is 0 Å². The van der Waals surface area contributed by atoms with Gasteiger partial charge >= 0.3 is 0 Å². The van der Waals surface area contributed by atoms with Crippen LogP contribution in [0.2, 0.25) is 0 Å². The van der Waals surface area contributed by atoms with E-state index in [0.29, 0.717) is 26.2 Å². The van der Waals surface area contributed by atoms with Crippen LogP contribution in [0.1, 0.15) is 10.4 Å². The van der Waals surface area contributed by atoms with Crippen LogP contribution in [0.5, 0.6) is 0 Å². The first kappa shape index (κ1) is 30.8. The summed E-state index contributed by atoms with van der Waals surface area (Å²) in [5.74, 6) is -0.680. The van der Waals surface area contributed by atoms with Gasteiger partial charge in [-0.1, -0.05) is 0 Å². The molecule has 0 aliphatic carbocycles. The van der Waals surface area contributed by atoms with Gasteiger partial charge in [-0.2, -0.15) is 16.8 Å². The van der Waals surface area contributed by atoms with Gasteiger partial charge in [-0.3, -0.25) is 23.3 Å². The lowest BCUT2D eigenvalue weighted by Crippen LogP contribution is -2.47. The maximum atomic E-state index is 13.3. The number of sulfone groups is 1. The van der Waals surface area contributed by atoms with E-state index >= 15 is 0 Å². The minimum Gasteiger partial charge on any atom is -0.366 e. The number of hydrogen-bond donors (Lipinski definition) is 0. The molecule has 0 N–H and O–H groups in total. The highest BCUT2D eigenvalue weighted by atomic mass is 32.2. The number of anilines is 1. The summed E-state index contributed by atoms with van der Waals surface area (Å²) in [4.78, 5) is 28.4. The topological polar surface area (TPSA) is 191 Å². The van der Waals surface area contributed by atoms with Gasteiger partial charge in [-0.15, -0.1) is 0 Å². The van der Waals surface area contributed by atoms with Gasteiger partial charge in [0, 0.05) is 51.6 Å². The second-order valence-corrected chi connectivity index (χ2v) is 13.8. The molecule has 1 aromatic carbocycles. The Labute approximate surface area is 216 Å². The number of carbonyl (C=O) groups is 1. The van der Waals surface area contributed by atoms with Crippen LogP contribution in [0.3, 0.4) is 0 Å². The lowest BCUT2D eigenvalue weighted by molar-refractivity contribution is -0.385. The van der Waals surface area contributed by atoms with Crippen LogP contribution < -0.4 is 4.90 Å². The fraction of sp³-hybridized carbons (Fsp3) is 0.632. The number of carbonyl (C=O) groups excluding carboxylic acids is 1. The summed E-state index contributed by atoms with van der Waals surface area (Å²) in [5.41, 5.74) is -1.25. The first-order chi connectivity index (χ1) is 16.9. The normalized spacial score (nSPS) is 15.5. The molecular formula is C19H30N4O11S3. The third-order valence-corrected chi connectivity index (χ3v) is 7.67. The van der Waals surface area contributed by atoms with Crippen LogP contribution in [0.4, 0.5) is 11.4 Å². The molecule has 0 atom stereocenters. The summed E-state index contributed by atoms with van der Waals surface area (Å²) in [6.45, 7) is 0.190. The number of piperazine rings is 1. The van der Waals surface area contributed by atoms with Crippen molar-refractivity contribution in [3.63, 3.8) is 0 Å². The minimum absolute atomic E-state index is 0.167. The Morgan fingerprint density at radius 1 is 0.946 bits per heavy atom. The van der Waals surface area contributed by atoms with Crippen molar-refractivity contribution >= 4 is 47.4 Å². The molecule has 0 radical (unpaired) electrons. The predicted molar refractivity (Wildman–Crippen MR) is 133 cm³/mol. The highest BCUT2D eigenvalue weighted by molar-refractivity contribution is 7.91. The van der Waals surface area contributed by atoms with Crippen LogP contribution in [-0.2, 0) is 38.4 Å². The standard InChI is InChI=1S/C19H30N4O11S3/c1-20-5-7-22(8-6-20)19(24)15-13-17(18(35(2,27)28)14-16(15)23(25)26)21(9-11-33-36(3,29)30)10-12-34-37(4,31)32/h13-14H,5-12H2,1-4H3. The van der Waals surface area contributed by atoms with Crippen LogP contribution >= 0.6 is 0 Å². The van der Waals surface area contributed by atoms with E-state index in [1.807, 2.05) is 11.9 Å². The van der Waals surface area contributed by atoms with E-state index in [1.165, 1.54) is 9.80 Å². The van der Waals surface area contributed by atoms with Crippen molar-refractivity contribution < 1.29 is 43.3 Å². The summed E-state index contributed by atoms with van der Waals surface area (Å²) in [5, 5.41) is 11.8. The molecule has 210 valence electrons. The quantitative estimate of drug-likeness (QED) is 0.167. The lowest BCUT2D eigenvalue weighted by atomic mass is 10.1. The van der Waals surface area contributed by atoms with E-state index in [-0.39, 0.29) is 24.3 Å². The number of nitro groups is 1. The summed E-state index contributed by atoms with van der Waals surface area (Å²) in [6.07, 6.45) is 2.44. The first-order valence-electron chi connectivity index (χ1n) is 10.8. The van der Waals surface area contributed by atoms with Crippen LogP contribution in [0.25, 0.3) is 0 Å². The molecule has 0 aromatic heterocycles. The Kier molecular flexibility index (Phi) is 10.00. The van der Waals surface area contributed by atoms with E-state index in [2.05, 4.69) is 0 Å². The van der Waals surface area contributed by atoms with Gasteiger partial charge in [-0.05, 0) is 13.1 Å². The maximum Gasteiger partial charge on any atom is 0.283 e. The molecule has 0 unspecified atom stereocenters. The van der Waals surface area contributed by atoms with Crippen molar-refractivity contribution in [2.75, 3.05) is 83.2 Å². The molecule has 0 saturated carbocycles. The number of nitrogens with zero attached hydrogens (tertiary/aromatic N) is 4. The largest absolute Gasteiger partial charge is 0.366 e.